The van der Waals surface area contributed by atoms with Gasteiger partial charge in [0.2, 0.25) is 5.75 Å². The van der Waals surface area contributed by atoms with E-state index in [1.54, 1.807) is 0 Å². The quantitative estimate of drug-likeness (QED) is 0.543. The summed E-state index contributed by atoms with van der Waals surface area (Å²) in [6.45, 7) is 2.83. The lowest BCUT2D eigenvalue weighted by atomic mass is 10.1. The molecule has 1 aliphatic heterocycles. The zero-order valence-corrected chi connectivity index (χ0v) is 10.1. The minimum Gasteiger partial charge on any atom is -0.490 e. The minimum atomic E-state index is 0.726. The molecular formula is C15H13NO2. The van der Waals surface area contributed by atoms with Crippen LogP contribution in [0.15, 0.2) is 30.3 Å². The van der Waals surface area contributed by atoms with E-state index < -0.39 is 0 Å². The molecule has 1 N–H and O–H groups in total. The first-order chi connectivity index (χ1) is 8.88. The number of H-pyrrole nitrogens is 1. The third-order valence-corrected chi connectivity index (χ3v) is 3.30. The van der Waals surface area contributed by atoms with Crippen molar-refractivity contribution in [1.82, 2.24) is 4.98 Å². The molecule has 0 fully saturated rings. The van der Waals surface area contributed by atoms with E-state index in [1.807, 2.05) is 6.07 Å². The molecule has 1 aliphatic rings. The van der Waals surface area contributed by atoms with E-state index in [0.29, 0.717) is 0 Å². The molecule has 0 bridgehead atoms. The molecule has 0 atom stereocenters. The smallest absolute Gasteiger partial charge is 0.214 e. The highest BCUT2D eigenvalue weighted by atomic mass is 16.6. The highest BCUT2D eigenvalue weighted by Crippen LogP contribution is 2.57. The number of rotatable bonds is 3. The Morgan fingerprint density at radius 3 is 2.94 bits per heavy atom. The van der Waals surface area contributed by atoms with Gasteiger partial charge in [-0.15, -0.1) is 0 Å². The zero-order chi connectivity index (χ0) is 12.1. The number of hydrogen-bond donors (Lipinski definition) is 1. The third kappa shape index (κ3) is 1.24. The summed E-state index contributed by atoms with van der Waals surface area (Å²) < 4.78 is 11.3. The fourth-order valence-electron chi connectivity index (χ4n) is 2.41. The van der Waals surface area contributed by atoms with Crippen LogP contribution in [-0.2, 0) is 0 Å². The number of aromatic nitrogens is 1. The Hall–Kier alpha value is -2.16. The van der Waals surface area contributed by atoms with E-state index in [-0.39, 0.29) is 0 Å². The van der Waals surface area contributed by atoms with Gasteiger partial charge in [-0.25, -0.2) is 0 Å². The predicted octanol–water partition coefficient (Wildman–Crippen LogP) is 4.22. The van der Waals surface area contributed by atoms with Crippen LogP contribution in [0.2, 0.25) is 0 Å². The summed E-state index contributed by atoms with van der Waals surface area (Å²) in [4.78, 5) is 3.40. The van der Waals surface area contributed by atoms with Gasteiger partial charge in [-0.1, -0.05) is 25.1 Å². The minimum absolute atomic E-state index is 0.726. The summed E-state index contributed by atoms with van der Waals surface area (Å²) in [5.74, 6) is 2.70. The van der Waals surface area contributed by atoms with E-state index in [9.17, 15) is 0 Å². The maximum absolute atomic E-state index is 5.73. The molecule has 0 saturated heterocycles. The van der Waals surface area contributed by atoms with Crippen molar-refractivity contribution in [2.24, 2.45) is 0 Å². The van der Waals surface area contributed by atoms with Gasteiger partial charge in [0.25, 0.3) is 0 Å². The van der Waals surface area contributed by atoms with E-state index in [4.69, 9.17) is 9.47 Å². The van der Waals surface area contributed by atoms with Gasteiger partial charge in [0.15, 0.2) is 11.5 Å². The number of nitrogens with one attached hydrogen (secondary N) is 1. The summed E-state index contributed by atoms with van der Waals surface area (Å²) in [5.41, 5.74) is 2.22. The fraction of sp³-hybridized carbons (Fsp3) is 0.200. The molecule has 2 heterocycles. The number of benzene rings is 2. The molecule has 1 aromatic heterocycles. The Kier molecular flexibility index (Phi) is 1.87. The summed E-state index contributed by atoms with van der Waals surface area (Å²) in [6.07, 6.45) is 1.00. The lowest BCUT2D eigenvalue weighted by molar-refractivity contribution is 0.314. The van der Waals surface area contributed by atoms with E-state index in [1.165, 1.54) is 10.8 Å². The van der Waals surface area contributed by atoms with Crippen LogP contribution in [-0.4, -0.2) is 11.6 Å². The second kappa shape index (κ2) is 3.42. The molecule has 4 rings (SSSR count). The average Bonchev–Trinajstić information content (AvgIpc) is 3.12. The molecule has 3 aromatic rings. The van der Waals surface area contributed by atoms with Gasteiger partial charge in [-0.3, -0.25) is 0 Å². The summed E-state index contributed by atoms with van der Waals surface area (Å²) in [5, 5.41) is 2.39. The zero-order valence-electron chi connectivity index (χ0n) is 10.1. The van der Waals surface area contributed by atoms with Crippen LogP contribution in [0.5, 0.6) is 17.2 Å². The van der Waals surface area contributed by atoms with Crippen LogP contribution in [0, 0.1) is 0 Å². The lowest BCUT2D eigenvalue weighted by Gasteiger charge is -2.01. The fourth-order valence-corrected chi connectivity index (χ4v) is 2.41. The Balaban J connectivity index is 1.98. The number of hydrogen-bond acceptors (Lipinski definition) is 2. The molecule has 18 heavy (non-hydrogen) atoms. The van der Waals surface area contributed by atoms with Gasteiger partial charge in [0, 0.05) is 16.3 Å². The van der Waals surface area contributed by atoms with E-state index in [0.717, 1.165) is 41.3 Å². The number of aromatic amines is 1. The molecule has 3 nitrogen and oxygen atoms in total. The number of para-hydroxylation sites is 1. The van der Waals surface area contributed by atoms with Crippen molar-refractivity contribution in [3.8, 4) is 17.2 Å². The molecule has 0 aliphatic carbocycles. The Labute approximate surface area is 104 Å². The van der Waals surface area contributed by atoms with Crippen molar-refractivity contribution in [3.05, 3.63) is 30.3 Å². The van der Waals surface area contributed by atoms with Gasteiger partial charge in [0.05, 0.1) is 12.1 Å². The van der Waals surface area contributed by atoms with Crippen LogP contribution < -0.4 is 9.47 Å². The van der Waals surface area contributed by atoms with Crippen molar-refractivity contribution < 1.29 is 9.47 Å². The molecule has 2 aromatic carbocycles. The molecule has 0 amide bonds. The largest absolute Gasteiger partial charge is 0.490 e. The Bertz CT molecular complexity index is 758. The first-order valence-electron chi connectivity index (χ1n) is 6.26. The normalized spacial score (nSPS) is 12.5. The van der Waals surface area contributed by atoms with Crippen LogP contribution in [0.25, 0.3) is 21.8 Å². The van der Waals surface area contributed by atoms with Crippen LogP contribution >= 0.6 is 0 Å². The van der Waals surface area contributed by atoms with E-state index in [2.05, 4.69) is 36.2 Å². The summed E-state index contributed by atoms with van der Waals surface area (Å²) in [7, 11) is 0. The Morgan fingerprint density at radius 2 is 2.06 bits per heavy atom. The first kappa shape index (κ1) is 9.83. The average molecular weight is 239 g/mol. The topological polar surface area (TPSA) is 37.5 Å². The molecule has 0 spiro atoms. The van der Waals surface area contributed by atoms with Gasteiger partial charge in [-0.2, -0.15) is 0 Å². The van der Waals surface area contributed by atoms with Gasteiger partial charge in [-0.05, 0) is 18.6 Å². The second-order valence-electron chi connectivity index (χ2n) is 4.58. The van der Waals surface area contributed by atoms with Crippen molar-refractivity contribution in [2.45, 2.75) is 13.3 Å². The summed E-state index contributed by atoms with van der Waals surface area (Å²) >= 11 is 0. The monoisotopic (exact) mass is 239 g/mol. The first-order valence-corrected chi connectivity index (χ1v) is 6.26. The van der Waals surface area contributed by atoms with Crippen LogP contribution in [0.1, 0.15) is 13.3 Å². The molecule has 0 unspecified atom stereocenters. The maximum Gasteiger partial charge on any atom is 0.214 e. The number of ether oxygens (including phenoxy) is 2. The van der Waals surface area contributed by atoms with E-state index >= 15 is 0 Å². The van der Waals surface area contributed by atoms with Crippen molar-refractivity contribution in [2.75, 3.05) is 6.61 Å². The molecular weight excluding hydrogens is 226 g/mol. The predicted molar refractivity (Wildman–Crippen MR) is 71.7 cm³/mol. The highest BCUT2D eigenvalue weighted by molar-refractivity contribution is 6.12. The lowest BCUT2D eigenvalue weighted by Crippen LogP contribution is -1.93. The third-order valence-electron chi connectivity index (χ3n) is 3.30. The van der Waals surface area contributed by atoms with Crippen molar-refractivity contribution in [3.63, 3.8) is 0 Å². The maximum atomic E-state index is 5.73. The van der Waals surface area contributed by atoms with Gasteiger partial charge < -0.3 is 14.5 Å². The standard InChI is InChI=1S/C15H13NO2/c1-2-7-17-12-8-10-9-5-3-4-6-11(9)16-13(10)15-14(12)18-15/h3-6,8,16H,2,7H2,1H3. The van der Waals surface area contributed by atoms with Crippen molar-refractivity contribution in [1.29, 1.82) is 0 Å². The van der Waals surface area contributed by atoms with Crippen LogP contribution in [0.4, 0.5) is 0 Å². The van der Waals surface area contributed by atoms with Gasteiger partial charge in [0.1, 0.15) is 0 Å². The summed E-state index contributed by atoms with van der Waals surface area (Å²) in [6, 6.07) is 10.4. The Morgan fingerprint density at radius 1 is 1.17 bits per heavy atom. The highest BCUT2D eigenvalue weighted by Gasteiger charge is 2.31. The second-order valence-corrected chi connectivity index (χ2v) is 4.58. The SMILES string of the molecule is CCCOc1cc2c([nH]c3ccccc32)c2c1O2. The molecule has 0 saturated carbocycles. The van der Waals surface area contributed by atoms with Gasteiger partial charge >= 0.3 is 0 Å². The number of fused-ring (bicyclic) bond motifs is 5. The molecule has 90 valence electrons. The molecule has 0 radical (unpaired) electrons. The van der Waals surface area contributed by atoms with Crippen molar-refractivity contribution >= 4 is 21.8 Å². The molecule has 3 heteroatoms. The van der Waals surface area contributed by atoms with Crippen LogP contribution in [0.3, 0.4) is 0 Å².